The fraction of sp³-hybridized carbons (Fsp3) is 0.400. The van der Waals surface area contributed by atoms with Gasteiger partial charge < -0.3 is 12.9 Å². The molecule has 1 aliphatic carbocycles. The maximum Gasteiger partial charge on any atom is 1.00 e. The number of benzene rings is 1. The Morgan fingerprint density at radius 3 is 1.74 bits per heavy atom. The molecule has 1 saturated carbocycles. The Morgan fingerprint density at radius 2 is 1.42 bits per heavy atom. The van der Waals surface area contributed by atoms with Crippen LogP contribution >= 0.6 is 0 Å². The molecular weight excluding hydrogens is 303 g/mol. The Labute approximate surface area is 147 Å². The van der Waals surface area contributed by atoms with Crippen LogP contribution in [0.3, 0.4) is 0 Å². The van der Waals surface area contributed by atoms with Crippen LogP contribution in [-0.2, 0) is 0 Å². The molecule has 0 radical (unpaired) electrons. The van der Waals surface area contributed by atoms with Crippen molar-refractivity contribution in [3.05, 3.63) is 29.8 Å². The number of hydrogen-bond donors (Lipinski definition) is 0. The summed E-state index contributed by atoms with van der Waals surface area (Å²) in [5.74, 6) is -10.00. The predicted molar refractivity (Wildman–Crippen MR) is 52.4 cm³/mol. The minimum atomic E-state index is -5.21. The molecule has 100 valence electrons. The number of halogens is 7. The monoisotopic (exact) mass is 310 g/mol. The third kappa shape index (κ3) is 3.04. The maximum absolute atomic E-state index is 13.0. The van der Waals surface area contributed by atoms with E-state index in [0.717, 1.165) is 12.1 Å². The fourth-order valence-corrected chi connectivity index (χ4v) is 1.92. The van der Waals surface area contributed by atoms with Crippen LogP contribution in [0.1, 0.15) is 17.9 Å². The van der Waals surface area contributed by atoms with Crippen molar-refractivity contribution in [2.24, 2.45) is 0 Å². The second-order valence-electron chi connectivity index (χ2n) is 4.33. The van der Waals surface area contributed by atoms with Crippen LogP contribution in [0.4, 0.5) is 30.5 Å². The molecule has 1 fully saturated rings. The molecule has 1 aromatic carbocycles. The van der Waals surface area contributed by atoms with E-state index in [1.165, 1.54) is 0 Å². The van der Waals surface area contributed by atoms with Gasteiger partial charge in [-0.2, -0.15) is 17.6 Å². The van der Waals surface area contributed by atoms with Gasteiger partial charge in [0.1, 0.15) is 0 Å². The van der Waals surface area contributed by atoms with E-state index < -0.39 is 36.6 Å². The Kier molecular flexibility index (Phi) is 4.90. The van der Waals surface area contributed by atoms with Crippen LogP contribution in [0.25, 0.3) is 0 Å². The van der Waals surface area contributed by atoms with Crippen molar-refractivity contribution in [3.8, 4) is 0 Å². The maximum atomic E-state index is 13.0. The van der Waals surface area contributed by atoms with E-state index >= 15 is 0 Å². The molecule has 0 spiro atoms. The molecule has 0 saturated heterocycles. The summed E-state index contributed by atoms with van der Waals surface area (Å²) in [5.41, 5.74) is -1.14. The summed E-state index contributed by atoms with van der Waals surface area (Å²) < 4.78 is 88.1. The topological polar surface area (TPSA) is 0 Å². The minimum Gasteiger partial charge on any atom is -0.445 e. The third-order valence-corrected chi connectivity index (χ3v) is 3.10. The quantitative estimate of drug-likeness (QED) is 0.551. The fourth-order valence-electron chi connectivity index (χ4n) is 1.92. The van der Waals surface area contributed by atoms with Crippen LogP contribution in [0.15, 0.2) is 24.3 Å². The first-order chi connectivity index (χ1) is 8.06. The second-order valence-corrected chi connectivity index (χ2v) is 4.33. The summed E-state index contributed by atoms with van der Waals surface area (Å²) in [6.07, 6.45) is -1.05. The Hall–Kier alpha value is 0.431. The van der Waals surface area contributed by atoms with Gasteiger partial charge >= 0.3 is 70.2 Å². The van der Waals surface area contributed by atoms with Gasteiger partial charge in [-0.1, -0.05) is 24.3 Å². The predicted octanol–water partition coefficient (Wildman–Crippen LogP) is 0.503. The van der Waals surface area contributed by atoms with Crippen molar-refractivity contribution < 1.29 is 81.9 Å². The molecule has 1 atom stereocenters. The Morgan fingerprint density at radius 1 is 0.947 bits per heavy atom. The van der Waals surface area contributed by atoms with Crippen LogP contribution < -0.4 is 56.8 Å². The summed E-state index contributed by atoms with van der Waals surface area (Å²) in [7, 11) is 0. The van der Waals surface area contributed by atoms with Crippen molar-refractivity contribution in [2.45, 2.75) is 24.2 Å². The van der Waals surface area contributed by atoms with Crippen molar-refractivity contribution >= 4 is 12.4 Å². The average molecular weight is 310 g/mol. The van der Waals surface area contributed by atoms with Gasteiger partial charge in [0, 0.05) is 6.42 Å². The molecule has 0 heterocycles. The van der Waals surface area contributed by atoms with E-state index in [4.69, 9.17) is 0 Å². The molecular formula is C10H7BF7K. The smallest absolute Gasteiger partial charge is 0.445 e. The van der Waals surface area contributed by atoms with E-state index in [2.05, 4.69) is 0 Å². The molecule has 1 aliphatic rings. The summed E-state index contributed by atoms with van der Waals surface area (Å²) >= 11 is 0. The summed E-state index contributed by atoms with van der Waals surface area (Å²) in [5, 5.41) is 0. The summed E-state index contributed by atoms with van der Waals surface area (Å²) in [6, 6.07) is 2.94. The van der Waals surface area contributed by atoms with Gasteiger partial charge in [-0.3, -0.25) is 0 Å². The van der Waals surface area contributed by atoms with Gasteiger partial charge in [0.05, 0.1) is 5.92 Å². The molecule has 0 N–H and O–H groups in total. The summed E-state index contributed by atoms with van der Waals surface area (Å²) in [6.45, 7) is -5.21. The van der Waals surface area contributed by atoms with Crippen molar-refractivity contribution in [1.29, 1.82) is 0 Å². The minimum absolute atomic E-state index is 0. The van der Waals surface area contributed by atoms with Gasteiger partial charge in [-0.05, 0) is 5.56 Å². The first-order valence-corrected chi connectivity index (χ1v) is 5.11. The first kappa shape index (κ1) is 17.5. The van der Waals surface area contributed by atoms with Gasteiger partial charge in [0.25, 0.3) is 0 Å². The SMILES string of the molecule is F[B-](F)(F)c1ccc(C2CC(F)(F)C2(F)F)cc1.[K+]. The molecule has 0 nitrogen and oxygen atoms in total. The third-order valence-electron chi connectivity index (χ3n) is 3.10. The van der Waals surface area contributed by atoms with Crippen LogP contribution in [-0.4, -0.2) is 18.8 Å². The molecule has 19 heavy (non-hydrogen) atoms. The Balaban J connectivity index is 0.00000180. The van der Waals surface area contributed by atoms with Crippen molar-refractivity contribution in [1.82, 2.24) is 0 Å². The zero-order valence-electron chi connectivity index (χ0n) is 9.82. The molecule has 0 aliphatic heterocycles. The average Bonchev–Trinajstić information content (AvgIpc) is 2.25. The largest absolute Gasteiger partial charge is 1.00 e. The molecule has 0 bridgehead atoms. The molecule has 9 heteroatoms. The van der Waals surface area contributed by atoms with Crippen molar-refractivity contribution in [2.75, 3.05) is 0 Å². The molecule has 1 unspecified atom stereocenters. The van der Waals surface area contributed by atoms with Crippen LogP contribution in [0.2, 0.25) is 0 Å². The van der Waals surface area contributed by atoms with Crippen LogP contribution in [0, 0.1) is 0 Å². The van der Waals surface area contributed by atoms with Gasteiger partial charge in [0.15, 0.2) is 0 Å². The van der Waals surface area contributed by atoms with E-state index in [0.29, 0.717) is 12.1 Å². The van der Waals surface area contributed by atoms with Crippen molar-refractivity contribution in [3.63, 3.8) is 0 Å². The zero-order chi connectivity index (χ0) is 13.8. The number of hydrogen-bond acceptors (Lipinski definition) is 0. The van der Waals surface area contributed by atoms with E-state index in [9.17, 15) is 30.5 Å². The molecule has 1 aromatic rings. The number of rotatable bonds is 2. The zero-order valence-corrected chi connectivity index (χ0v) is 12.9. The van der Waals surface area contributed by atoms with Gasteiger partial charge in [-0.15, -0.1) is 5.46 Å². The van der Waals surface area contributed by atoms with Crippen LogP contribution in [0.5, 0.6) is 0 Å². The molecule has 0 aromatic heterocycles. The van der Waals surface area contributed by atoms with E-state index in [1.54, 1.807) is 0 Å². The number of alkyl halides is 4. The standard InChI is InChI=1S/C10H7BF7.K/c12-9(13)5-8(10(9,14)15)6-1-3-7(4-2-6)11(16,17)18;/h1-4,8H,5H2;/q-1;+1. The molecule has 0 amide bonds. The summed E-state index contributed by atoms with van der Waals surface area (Å²) in [4.78, 5) is 0. The second kappa shape index (κ2) is 5.32. The normalized spacial score (nSPS) is 24.3. The van der Waals surface area contributed by atoms with Gasteiger partial charge in [-0.25, -0.2) is 0 Å². The first-order valence-electron chi connectivity index (χ1n) is 5.11. The van der Waals surface area contributed by atoms with Gasteiger partial charge in [0.2, 0.25) is 0 Å². The molecule has 2 rings (SSSR count). The Bertz CT molecular complexity index is 454. The van der Waals surface area contributed by atoms with E-state index in [1.807, 2.05) is 0 Å². The van der Waals surface area contributed by atoms with E-state index in [-0.39, 0.29) is 56.9 Å².